The Balaban J connectivity index is 1.88. The summed E-state index contributed by atoms with van der Waals surface area (Å²) in [5.74, 6) is 0.865. The van der Waals surface area contributed by atoms with Crippen LogP contribution < -0.4 is 9.05 Å². The summed E-state index contributed by atoms with van der Waals surface area (Å²) in [6.07, 6.45) is 1.49. The molecule has 0 N–H and O–H groups in total. The lowest BCUT2D eigenvalue weighted by Gasteiger charge is -2.15. The molecule has 0 bridgehead atoms. The van der Waals surface area contributed by atoms with Gasteiger partial charge in [-0.25, -0.2) is 4.57 Å². The van der Waals surface area contributed by atoms with Gasteiger partial charge in [0.25, 0.3) is 0 Å². The predicted molar refractivity (Wildman–Crippen MR) is 95.8 cm³/mol. The zero-order chi connectivity index (χ0) is 16.7. The molecule has 24 heavy (non-hydrogen) atoms. The van der Waals surface area contributed by atoms with Crippen LogP contribution >= 0.6 is 7.75 Å². The second kappa shape index (κ2) is 7.62. The molecular weight excluding hydrogens is 321 g/mol. The van der Waals surface area contributed by atoms with Crippen molar-refractivity contribution in [3.63, 3.8) is 0 Å². The number of nitrogens with zero attached hydrogens (tertiary/aromatic N) is 1. The Labute approximate surface area is 141 Å². The smallest absolute Gasteiger partial charge is 0.399 e. The molecule has 0 aliphatic heterocycles. The van der Waals surface area contributed by atoms with Gasteiger partial charge < -0.3 is 9.05 Å². The van der Waals surface area contributed by atoms with Crippen LogP contribution in [0, 0.1) is 0 Å². The molecule has 0 radical (unpaired) electrons. The Hall–Kier alpha value is -2.84. The highest BCUT2D eigenvalue weighted by atomic mass is 31.2. The van der Waals surface area contributed by atoms with E-state index in [0.29, 0.717) is 11.5 Å². The van der Waals surface area contributed by atoms with Gasteiger partial charge in [0.05, 0.1) is 0 Å². The summed E-state index contributed by atoms with van der Waals surface area (Å²) >= 11 is 0. The molecule has 3 aromatic rings. The molecule has 120 valence electrons. The third kappa shape index (κ3) is 4.58. The SMILES string of the molecule is O=P(/N=C/c1ccccc1)(Oc1ccccc1)Oc1ccccc1. The summed E-state index contributed by atoms with van der Waals surface area (Å²) in [5.41, 5.74) is 0.811. The van der Waals surface area contributed by atoms with Gasteiger partial charge in [0.15, 0.2) is 0 Å². The molecule has 0 amide bonds. The summed E-state index contributed by atoms with van der Waals surface area (Å²) in [6.45, 7) is 0. The largest absolute Gasteiger partial charge is 0.563 e. The maximum absolute atomic E-state index is 13.1. The second-order valence-corrected chi connectivity index (χ2v) is 6.47. The predicted octanol–water partition coefficient (Wildman–Crippen LogP) is 5.37. The van der Waals surface area contributed by atoms with Gasteiger partial charge in [-0.3, -0.25) is 0 Å². The van der Waals surface area contributed by atoms with Crippen molar-refractivity contribution >= 4 is 14.0 Å². The first kappa shape index (κ1) is 16.0. The highest BCUT2D eigenvalue weighted by Crippen LogP contribution is 2.49. The molecule has 0 unspecified atom stereocenters. The van der Waals surface area contributed by atoms with Crippen LogP contribution in [-0.2, 0) is 4.57 Å². The van der Waals surface area contributed by atoms with Crippen LogP contribution in [0.15, 0.2) is 95.8 Å². The first-order valence-electron chi connectivity index (χ1n) is 7.43. The molecule has 0 saturated carbocycles. The minimum absolute atomic E-state index is 0.432. The molecule has 0 heterocycles. The number of hydrogen-bond donors (Lipinski definition) is 0. The number of benzene rings is 3. The van der Waals surface area contributed by atoms with E-state index >= 15 is 0 Å². The molecule has 0 fully saturated rings. The molecule has 3 rings (SSSR count). The molecule has 0 saturated heterocycles. The van der Waals surface area contributed by atoms with Gasteiger partial charge in [0.1, 0.15) is 11.5 Å². The second-order valence-electron chi connectivity index (χ2n) is 4.93. The molecule has 0 atom stereocenters. The molecular formula is C19H16NO3P. The lowest BCUT2D eigenvalue weighted by molar-refractivity contribution is 0.388. The molecule has 3 aromatic carbocycles. The van der Waals surface area contributed by atoms with Crippen molar-refractivity contribution in [2.24, 2.45) is 4.76 Å². The first-order chi connectivity index (χ1) is 11.7. The van der Waals surface area contributed by atoms with Crippen molar-refractivity contribution in [2.45, 2.75) is 0 Å². The fourth-order valence-corrected chi connectivity index (χ4v) is 3.15. The zero-order valence-electron chi connectivity index (χ0n) is 12.9. The molecule has 0 aliphatic rings. The van der Waals surface area contributed by atoms with Crippen molar-refractivity contribution in [1.82, 2.24) is 0 Å². The summed E-state index contributed by atoms with van der Waals surface area (Å²) in [4.78, 5) is 0. The Bertz CT molecular complexity index is 791. The van der Waals surface area contributed by atoms with Crippen LogP contribution in [0.3, 0.4) is 0 Å². The highest BCUT2D eigenvalue weighted by Gasteiger charge is 2.27. The van der Waals surface area contributed by atoms with E-state index in [0.717, 1.165) is 5.56 Å². The molecule has 5 heteroatoms. The van der Waals surface area contributed by atoms with Gasteiger partial charge in [-0.1, -0.05) is 66.7 Å². The fourth-order valence-electron chi connectivity index (χ4n) is 1.97. The van der Waals surface area contributed by atoms with Crippen LogP contribution in [0.25, 0.3) is 0 Å². The Morgan fingerprint density at radius 1 is 0.667 bits per heavy atom. The Morgan fingerprint density at radius 3 is 1.54 bits per heavy atom. The van der Waals surface area contributed by atoms with Crippen molar-refractivity contribution in [1.29, 1.82) is 0 Å². The summed E-state index contributed by atoms with van der Waals surface area (Å²) in [7, 11) is -3.76. The highest BCUT2D eigenvalue weighted by molar-refractivity contribution is 7.53. The average Bonchev–Trinajstić information content (AvgIpc) is 2.63. The minimum atomic E-state index is -3.76. The number of hydrogen-bond acceptors (Lipinski definition) is 3. The monoisotopic (exact) mass is 337 g/mol. The quantitative estimate of drug-likeness (QED) is 0.449. The van der Waals surface area contributed by atoms with Gasteiger partial charge in [-0.2, -0.15) is 4.76 Å². The van der Waals surface area contributed by atoms with Crippen LogP contribution in [0.4, 0.5) is 0 Å². The maximum Gasteiger partial charge on any atom is 0.563 e. The van der Waals surface area contributed by atoms with Gasteiger partial charge in [-0.15, -0.1) is 0 Å². The third-order valence-corrected chi connectivity index (χ3v) is 4.36. The average molecular weight is 337 g/mol. The third-order valence-electron chi connectivity index (χ3n) is 3.08. The van der Waals surface area contributed by atoms with E-state index < -0.39 is 7.75 Å². The van der Waals surface area contributed by atoms with E-state index in [4.69, 9.17) is 9.05 Å². The summed E-state index contributed by atoms with van der Waals surface area (Å²) in [6, 6.07) is 27.1. The summed E-state index contributed by atoms with van der Waals surface area (Å²) in [5, 5.41) is 0. The van der Waals surface area contributed by atoms with Crippen molar-refractivity contribution in [2.75, 3.05) is 0 Å². The zero-order valence-corrected chi connectivity index (χ0v) is 13.8. The van der Waals surface area contributed by atoms with Crippen LogP contribution in [0.2, 0.25) is 0 Å². The minimum Gasteiger partial charge on any atom is -0.399 e. The van der Waals surface area contributed by atoms with Gasteiger partial charge in [-0.05, 0) is 29.8 Å². The maximum atomic E-state index is 13.1. The van der Waals surface area contributed by atoms with E-state index in [1.54, 1.807) is 48.5 Å². The first-order valence-corrected chi connectivity index (χ1v) is 8.93. The van der Waals surface area contributed by atoms with E-state index in [-0.39, 0.29) is 0 Å². The fraction of sp³-hybridized carbons (Fsp3) is 0. The number of para-hydroxylation sites is 2. The van der Waals surface area contributed by atoms with Gasteiger partial charge >= 0.3 is 7.75 Å². The van der Waals surface area contributed by atoms with E-state index in [2.05, 4.69) is 4.76 Å². The van der Waals surface area contributed by atoms with E-state index in [1.807, 2.05) is 42.5 Å². The molecule has 0 aromatic heterocycles. The standard InChI is InChI=1S/C19H16NO3P/c21-24(22-18-12-6-2-7-13-18,23-19-14-8-3-9-15-19)20-16-17-10-4-1-5-11-17/h1-16H/b20-16+. The molecule has 0 aliphatic carbocycles. The van der Waals surface area contributed by atoms with E-state index in [1.165, 1.54) is 6.21 Å². The van der Waals surface area contributed by atoms with Crippen molar-refractivity contribution in [3.8, 4) is 11.5 Å². The van der Waals surface area contributed by atoms with Crippen LogP contribution in [0.1, 0.15) is 5.56 Å². The van der Waals surface area contributed by atoms with Crippen LogP contribution in [0.5, 0.6) is 11.5 Å². The van der Waals surface area contributed by atoms with E-state index in [9.17, 15) is 4.57 Å². The van der Waals surface area contributed by atoms with Gasteiger partial charge in [0.2, 0.25) is 0 Å². The van der Waals surface area contributed by atoms with Crippen molar-refractivity contribution in [3.05, 3.63) is 96.6 Å². The topological polar surface area (TPSA) is 47.9 Å². The lowest BCUT2D eigenvalue weighted by Crippen LogP contribution is -1.99. The Kier molecular flexibility index (Phi) is 5.09. The number of rotatable bonds is 6. The van der Waals surface area contributed by atoms with Gasteiger partial charge in [0, 0.05) is 6.21 Å². The normalized spacial score (nSPS) is 11.3. The summed E-state index contributed by atoms with van der Waals surface area (Å²) < 4.78 is 28.3. The van der Waals surface area contributed by atoms with Crippen molar-refractivity contribution < 1.29 is 13.6 Å². The Morgan fingerprint density at radius 2 is 1.08 bits per heavy atom. The van der Waals surface area contributed by atoms with Crippen LogP contribution in [-0.4, -0.2) is 6.21 Å². The molecule has 0 spiro atoms. The lowest BCUT2D eigenvalue weighted by atomic mass is 10.2. The molecule has 4 nitrogen and oxygen atoms in total.